The van der Waals surface area contributed by atoms with Crippen LogP contribution in [0.2, 0.25) is 0 Å². The number of carbonyl (C=O) groups is 2. The lowest BCUT2D eigenvalue weighted by Crippen LogP contribution is -2.33. The lowest BCUT2D eigenvalue weighted by molar-refractivity contribution is -0.0568. The summed E-state index contributed by atoms with van der Waals surface area (Å²) >= 11 is 8.18. The van der Waals surface area contributed by atoms with Crippen LogP contribution in [0.1, 0.15) is 33.7 Å². The number of amides is 2. The highest BCUT2D eigenvalue weighted by molar-refractivity contribution is 8.45. The Morgan fingerprint density at radius 2 is 1.27 bits per heavy atom. The van der Waals surface area contributed by atoms with Gasteiger partial charge in [0.2, 0.25) is 11.6 Å². The maximum atomic E-state index is 12.6. The van der Waals surface area contributed by atoms with Crippen LogP contribution in [-0.2, 0) is 48.1 Å². The Labute approximate surface area is 260 Å². The zero-order chi connectivity index (χ0) is 33.5. The summed E-state index contributed by atoms with van der Waals surface area (Å²) < 4.78 is 56.1. The van der Waals surface area contributed by atoms with E-state index in [4.69, 9.17) is 30.0 Å². The summed E-state index contributed by atoms with van der Waals surface area (Å²) in [5, 5.41) is 48.4. The molecule has 0 spiro atoms. The first-order valence-corrected chi connectivity index (χ1v) is 18.7. The molecule has 252 valence electrons. The van der Waals surface area contributed by atoms with Crippen LogP contribution in [0.15, 0.2) is 12.7 Å². The van der Waals surface area contributed by atoms with Crippen molar-refractivity contribution < 1.29 is 76.1 Å². The highest BCUT2D eigenvalue weighted by atomic mass is 32.7. The van der Waals surface area contributed by atoms with Gasteiger partial charge in [-0.3, -0.25) is 14.1 Å². The maximum absolute atomic E-state index is 12.6. The molecule has 2 aromatic heterocycles. The smallest absolute Gasteiger partial charge is 0.387 e. The van der Waals surface area contributed by atoms with E-state index in [0.29, 0.717) is 0 Å². The number of primary amides is 2. The first kappa shape index (κ1) is 36.0. The van der Waals surface area contributed by atoms with E-state index in [1.165, 1.54) is 0 Å². The molecule has 11 atom stereocenters. The Hall–Kier alpha value is -1.80. The van der Waals surface area contributed by atoms with E-state index in [1.807, 2.05) is 0 Å². The molecule has 0 aliphatic carbocycles. The Kier molecular flexibility index (Phi) is 11.0. The Morgan fingerprint density at radius 1 is 0.844 bits per heavy atom. The van der Waals surface area contributed by atoms with E-state index in [9.17, 15) is 48.9 Å². The minimum Gasteiger partial charge on any atom is -0.387 e. The van der Waals surface area contributed by atoms with Crippen molar-refractivity contribution in [2.45, 2.75) is 49.1 Å². The molecule has 4 heterocycles. The highest BCUT2D eigenvalue weighted by Crippen LogP contribution is 2.70. The number of hydrogen-bond donors (Lipinski definition) is 9. The van der Waals surface area contributed by atoms with Crippen molar-refractivity contribution in [1.82, 2.24) is 29.5 Å². The average Bonchev–Trinajstić information content (AvgIpc) is 3.70. The van der Waals surface area contributed by atoms with Gasteiger partial charge in [0.05, 0.1) is 13.2 Å². The molecule has 4 rings (SSSR count). The first-order valence-electron chi connectivity index (χ1n) is 11.9. The van der Waals surface area contributed by atoms with Gasteiger partial charge in [0.15, 0.2) is 12.5 Å². The third-order valence-corrected chi connectivity index (χ3v) is 12.0. The van der Waals surface area contributed by atoms with Crippen LogP contribution < -0.4 is 11.5 Å². The Bertz CT molecular complexity index is 1460. The molecule has 2 amide bonds. The molecule has 24 nitrogen and oxygen atoms in total. The molecule has 0 aromatic carbocycles. The molecule has 45 heavy (non-hydrogen) atoms. The van der Waals surface area contributed by atoms with Crippen LogP contribution in [0, 0.1) is 0 Å². The fourth-order valence-corrected chi connectivity index (χ4v) is 9.34. The van der Waals surface area contributed by atoms with E-state index < -0.39 is 107 Å². The number of nitrogens with two attached hydrogens (primary N) is 2. The predicted molar refractivity (Wildman–Crippen MR) is 146 cm³/mol. The van der Waals surface area contributed by atoms with Gasteiger partial charge < -0.3 is 55.7 Å². The van der Waals surface area contributed by atoms with Crippen LogP contribution in [0.5, 0.6) is 0 Å². The van der Waals surface area contributed by atoms with Crippen LogP contribution >= 0.6 is 33.6 Å². The van der Waals surface area contributed by atoms with E-state index in [0.717, 1.165) is 22.0 Å². The maximum Gasteiger partial charge on any atom is 0.487 e. The van der Waals surface area contributed by atoms with E-state index >= 15 is 0 Å². The largest absolute Gasteiger partial charge is 0.487 e. The van der Waals surface area contributed by atoms with Gasteiger partial charge in [0, 0.05) is 0 Å². The molecule has 29 heteroatoms. The minimum absolute atomic E-state index is 0.413. The van der Waals surface area contributed by atoms with Crippen molar-refractivity contribution in [2.24, 2.45) is 11.5 Å². The van der Waals surface area contributed by atoms with Crippen molar-refractivity contribution in [1.29, 1.82) is 0 Å². The van der Waals surface area contributed by atoms with Gasteiger partial charge in [0.25, 0.3) is 11.8 Å². The molecule has 0 bridgehead atoms. The zero-order valence-corrected chi connectivity index (χ0v) is 26.4. The molecule has 2 aliphatic rings. The summed E-state index contributed by atoms with van der Waals surface area (Å²) in [4.78, 5) is 49.9. The number of phosphoric acid groups is 1. The van der Waals surface area contributed by atoms with E-state index in [2.05, 4.69) is 52.8 Å². The predicted octanol–water partition coefficient (Wildman–Crippen LogP) is -3.57. The fraction of sp³-hybridized carbons (Fsp3) is 0.625. The van der Waals surface area contributed by atoms with Crippen LogP contribution in [0.4, 0.5) is 0 Å². The number of nitrogens with zero attached hydrogens (tertiary/aromatic N) is 6. The van der Waals surface area contributed by atoms with Crippen molar-refractivity contribution in [3.8, 4) is 0 Å². The number of ether oxygens (including phenoxy) is 2. The molecule has 2 fully saturated rings. The summed E-state index contributed by atoms with van der Waals surface area (Å²) in [5.74, 6) is -2.79. The van der Waals surface area contributed by atoms with E-state index in [-0.39, 0.29) is 0 Å². The normalized spacial score (nSPS) is 32.5. The monoisotopic (exact) mass is 742 g/mol. The molecular formula is C16H25N8O16P3S2. The fourth-order valence-electron chi connectivity index (χ4n) is 3.85. The quantitative estimate of drug-likeness (QED) is 0.0667. The third kappa shape index (κ3) is 8.77. The molecular weight excluding hydrogens is 717 g/mol. The van der Waals surface area contributed by atoms with Crippen molar-refractivity contribution in [3.05, 3.63) is 24.3 Å². The summed E-state index contributed by atoms with van der Waals surface area (Å²) in [6, 6.07) is 0. The highest BCUT2D eigenvalue weighted by Gasteiger charge is 2.48. The second-order valence-electron chi connectivity index (χ2n) is 9.08. The second-order valence-corrected chi connectivity index (χ2v) is 16.6. The molecule has 0 saturated carbocycles. The lowest BCUT2D eigenvalue weighted by Gasteiger charge is -2.23. The van der Waals surface area contributed by atoms with Crippen molar-refractivity contribution >= 4 is 57.2 Å². The van der Waals surface area contributed by atoms with Crippen LogP contribution in [0.3, 0.4) is 0 Å². The number of carbonyl (C=O) groups excluding carboxylic acids is 2. The standard InChI is InChI=1S/C16H25N8O16P3S2/c17-11(29)13-19-3-23(21-13)15-9(27)7(25)5(37-15)1-35-42(33,44)39-41(31,32)40-43(34,45)36-2-6-8(26)10(28)16(38-6)24-4-20-14(22-24)12(18)30/h3-10,15-16,25-28H,1-2H2,(H2,17,29)(H2,18,30)(H,31,32)(H,33,44)(H,34,45)/t5-,6-,7-,8-,9-,10-,15-,16-,42?,43?/m1/s1. The van der Waals surface area contributed by atoms with Crippen molar-refractivity contribution in [2.75, 3.05) is 13.2 Å². The number of aliphatic hydroxyl groups excluding tert-OH is 4. The first-order chi connectivity index (χ1) is 20.8. The molecule has 2 aromatic rings. The number of aromatic nitrogens is 6. The number of rotatable bonds is 14. The average molecular weight is 742 g/mol. The number of thiol groups is 1. The lowest BCUT2D eigenvalue weighted by atomic mass is 10.1. The molecule has 3 unspecified atom stereocenters. The van der Waals surface area contributed by atoms with E-state index in [1.54, 1.807) is 0 Å². The third-order valence-electron chi connectivity index (χ3n) is 5.87. The van der Waals surface area contributed by atoms with Gasteiger partial charge in [-0.15, -0.1) is 10.2 Å². The van der Waals surface area contributed by atoms with Crippen LogP contribution in [-0.4, -0.2) is 121 Å². The van der Waals surface area contributed by atoms with Gasteiger partial charge >= 0.3 is 21.3 Å². The van der Waals surface area contributed by atoms with Gasteiger partial charge in [-0.25, -0.2) is 32.8 Å². The summed E-state index contributed by atoms with van der Waals surface area (Å²) in [6.45, 7) is -11.3. The van der Waals surface area contributed by atoms with Crippen molar-refractivity contribution in [3.63, 3.8) is 0 Å². The van der Waals surface area contributed by atoms with Gasteiger partial charge in [0.1, 0.15) is 49.3 Å². The van der Waals surface area contributed by atoms with Gasteiger partial charge in [-0.2, -0.15) is 4.31 Å². The summed E-state index contributed by atoms with van der Waals surface area (Å²) in [5.41, 5.74) is 10.1. The second kappa shape index (κ2) is 13.7. The Morgan fingerprint density at radius 3 is 1.67 bits per heavy atom. The summed E-state index contributed by atoms with van der Waals surface area (Å²) in [7, 11) is -5.58. The molecule has 2 aliphatic heterocycles. The molecule has 2 saturated heterocycles. The molecule has 10 N–H and O–H groups in total. The SMILES string of the molecule is NC(=O)c1ncn([C@@H]2O[C@H](COP(=O)(S)OP(=O)(O)OP(O)(=S)OC[C@H]3O[C@@H](n4cnc(C(N)=O)n4)[C@H](O)[C@@H]3O)[C@@H](O)[C@H]2O)n1. The van der Waals surface area contributed by atoms with Gasteiger partial charge in [-0.1, -0.05) is 12.2 Å². The molecule has 0 radical (unpaired) electrons. The Balaban J connectivity index is 1.29. The van der Waals surface area contributed by atoms with Gasteiger partial charge in [-0.05, 0) is 11.8 Å². The topological polar surface area (TPSA) is 359 Å². The number of aliphatic hydroxyl groups is 4. The van der Waals surface area contributed by atoms with Crippen LogP contribution in [0.25, 0.3) is 0 Å². The zero-order valence-electron chi connectivity index (χ0n) is 22.0. The number of hydrogen-bond acceptors (Lipinski definition) is 19. The summed E-state index contributed by atoms with van der Waals surface area (Å²) in [6.07, 6.45) is -10.4. The minimum atomic E-state index is -5.58.